The average Bonchev–Trinajstić information content (AvgIpc) is 2.88. The van der Waals surface area contributed by atoms with Gasteiger partial charge >= 0.3 is 0 Å². The van der Waals surface area contributed by atoms with Gasteiger partial charge in [0.1, 0.15) is 25.6 Å². The van der Waals surface area contributed by atoms with Gasteiger partial charge in [-0.05, 0) is 41.3 Å². The van der Waals surface area contributed by atoms with Crippen molar-refractivity contribution < 1.29 is 14.2 Å². The van der Waals surface area contributed by atoms with Gasteiger partial charge in [-0.15, -0.1) is 0 Å². The lowest BCUT2D eigenvalue weighted by molar-refractivity contribution is 0.250. The molecule has 0 aliphatic rings. The lowest BCUT2D eigenvalue weighted by Crippen LogP contribution is -2.08. The Balaban J connectivity index is 1.59. The molecule has 0 atom stereocenters. The summed E-state index contributed by atoms with van der Waals surface area (Å²) in [5, 5.41) is 0. The van der Waals surface area contributed by atoms with E-state index < -0.39 is 0 Å². The highest BCUT2D eigenvalue weighted by Crippen LogP contribution is 2.37. The Morgan fingerprint density at radius 2 is 0.879 bits per heavy atom. The first-order valence-electron chi connectivity index (χ1n) is 11.2. The van der Waals surface area contributed by atoms with Gasteiger partial charge in [-0.1, -0.05) is 91.0 Å². The number of nitrogens with two attached hydrogens (primary N) is 1. The predicted octanol–water partition coefficient (Wildman–Crippen LogP) is 5.92. The standard InChI is InChI=1S/C29H29NO3/c30-17-16-26-18-28(32-21-24-12-6-2-7-13-24)29(33-22-25-14-8-3-9-15-25)19-27(26)31-20-23-10-4-1-5-11-23/h1-15,18-19H,16-17,20-22,30H2. The van der Waals surface area contributed by atoms with E-state index in [4.69, 9.17) is 19.9 Å². The summed E-state index contributed by atoms with van der Waals surface area (Å²) in [5.74, 6) is 2.10. The average molecular weight is 440 g/mol. The second-order valence-electron chi connectivity index (χ2n) is 7.77. The molecule has 4 aromatic carbocycles. The van der Waals surface area contributed by atoms with Crippen LogP contribution in [-0.2, 0) is 26.2 Å². The second-order valence-corrected chi connectivity index (χ2v) is 7.77. The number of hydrogen-bond acceptors (Lipinski definition) is 4. The molecule has 33 heavy (non-hydrogen) atoms. The van der Waals surface area contributed by atoms with Crippen molar-refractivity contribution in [2.24, 2.45) is 5.73 Å². The summed E-state index contributed by atoms with van der Waals surface area (Å²) in [6.45, 7) is 1.89. The highest BCUT2D eigenvalue weighted by Gasteiger charge is 2.14. The molecule has 0 fully saturated rings. The van der Waals surface area contributed by atoms with E-state index in [0.29, 0.717) is 44.3 Å². The number of rotatable bonds is 11. The van der Waals surface area contributed by atoms with E-state index in [1.54, 1.807) is 0 Å². The maximum absolute atomic E-state index is 6.20. The Labute approximate surface area is 195 Å². The summed E-state index contributed by atoms with van der Waals surface area (Å²) in [7, 11) is 0. The highest BCUT2D eigenvalue weighted by atomic mass is 16.5. The summed E-state index contributed by atoms with van der Waals surface area (Å²) in [5.41, 5.74) is 10.2. The summed E-state index contributed by atoms with van der Waals surface area (Å²) in [6.07, 6.45) is 0.685. The monoisotopic (exact) mass is 439 g/mol. The first-order chi connectivity index (χ1) is 16.3. The Hall–Kier alpha value is -3.76. The van der Waals surface area contributed by atoms with Gasteiger partial charge in [0.25, 0.3) is 0 Å². The van der Waals surface area contributed by atoms with Crippen molar-refractivity contribution in [3.8, 4) is 17.2 Å². The minimum atomic E-state index is 0.441. The van der Waals surface area contributed by atoms with Crippen molar-refractivity contribution in [2.45, 2.75) is 26.2 Å². The molecule has 4 heteroatoms. The Kier molecular flexibility index (Phi) is 7.98. The molecular weight excluding hydrogens is 410 g/mol. The summed E-state index contributed by atoms with van der Waals surface area (Å²) in [4.78, 5) is 0. The van der Waals surface area contributed by atoms with E-state index in [0.717, 1.165) is 28.0 Å². The van der Waals surface area contributed by atoms with Gasteiger partial charge in [0.05, 0.1) is 0 Å². The van der Waals surface area contributed by atoms with E-state index in [9.17, 15) is 0 Å². The van der Waals surface area contributed by atoms with Crippen molar-refractivity contribution in [3.63, 3.8) is 0 Å². The third kappa shape index (κ3) is 6.61. The van der Waals surface area contributed by atoms with Crippen LogP contribution in [0.1, 0.15) is 22.3 Å². The van der Waals surface area contributed by atoms with E-state index in [2.05, 4.69) is 0 Å². The van der Waals surface area contributed by atoms with Crippen LogP contribution in [0, 0.1) is 0 Å². The van der Waals surface area contributed by atoms with Crippen molar-refractivity contribution >= 4 is 0 Å². The maximum atomic E-state index is 6.20. The molecule has 0 aromatic heterocycles. The molecule has 0 heterocycles. The summed E-state index contributed by atoms with van der Waals surface area (Å²) >= 11 is 0. The number of hydrogen-bond donors (Lipinski definition) is 1. The summed E-state index contributed by atoms with van der Waals surface area (Å²) in [6, 6.07) is 34.2. The van der Waals surface area contributed by atoms with Crippen LogP contribution in [0.3, 0.4) is 0 Å². The van der Waals surface area contributed by atoms with Gasteiger partial charge in [0.15, 0.2) is 11.5 Å². The van der Waals surface area contributed by atoms with Crippen LogP contribution in [0.15, 0.2) is 103 Å². The van der Waals surface area contributed by atoms with Crippen LogP contribution in [0.4, 0.5) is 0 Å². The van der Waals surface area contributed by atoms with E-state index in [1.807, 2.05) is 103 Å². The second kappa shape index (κ2) is 11.7. The topological polar surface area (TPSA) is 53.7 Å². The third-order valence-corrected chi connectivity index (χ3v) is 5.25. The van der Waals surface area contributed by atoms with Crippen molar-refractivity contribution in [1.29, 1.82) is 0 Å². The Morgan fingerprint density at radius 3 is 1.30 bits per heavy atom. The molecular formula is C29H29NO3. The molecule has 0 amide bonds. The normalized spacial score (nSPS) is 10.6. The molecule has 4 rings (SSSR count). The first kappa shape index (κ1) is 22.4. The molecule has 2 N–H and O–H groups in total. The molecule has 0 unspecified atom stereocenters. The minimum Gasteiger partial charge on any atom is -0.488 e. The van der Waals surface area contributed by atoms with Crippen LogP contribution < -0.4 is 19.9 Å². The Morgan fingerprint density at radius 1 is 0.485 bits per heavy atom. The molecule has 0 spiro atoms. The molecule has 0 saturated carbocycles. The SMILES string of the molecule is NCCc1cc(OCc2ccccc2)c(OCc2ccccc2)cc1OCc1ccccc1. The largest absolute Gasteiger partial charge is 0.488 e. The zero-order chi connectivity index (χ0) is 22.7. The van der Waals surface area contributed by atoms with E-state index in [-0.39, 0.29) is 0 Å². The smallest absolute Gasteiger partial charge is 0.165 e. The lowest BCUT2D eigenvalue weighted by Gasteiger charge is -2.18. The number of ether oxygens (including phenoxy) is 3. The lowest BCUT2D eigenvalue weighted by atomic mass is 10.1. The Bertz CT molecular complexity index is 1120. The molecule has 0 aliphatic carbocycles. The molecule has 4 nitrogen and oxygen atoms in total. The molecule has 4 aromatic rings. The molecule has 0 saturated heterocycles. The zero-order valence-corrected chi connectivity index (χ0v) is 18.7. The summed E-state index contributed by atoms with van der Waals surface area (Å²) < 4.78 is 18.6. The van der Waals surface area contributed by atoms with Gasteiger partial charge in [0, 0.05) is 6.07 Å². The number of benzene rings is 4. The predicted molar refractivity (Wildman–Crippen MR) is 132 cm³/mol. The highest BCUT2D eigenvalue weighted by molar-refractivity contribution is 5.51. The molecule has 0 aliphatic heterocycles. The van der Waals surface area contributed by atoms with Crippen molar-refractivity contribution in [3.05, 3.63) is 125 Å². The fraction of sp³-hybridized carbons (Fsp3) is 0.172. The van der Waals surface area contributed by atoms with E-state index >= 15 is 0 Å². The minimum absolute atomic E-state index is 0.441. The van der Waals surface area contributed by atoms with Crippen LogP contribution in [0.2, 0.25) is 0 Å². The molecule has 168 valence electrons. The fourth-order valence-electron chi connectivity index (χ4n) is 3.50. The third-order valence-electron chi connectivity index (χ3n) is 5.25. The van der Waals surface area contributed by atoms with Gasteiger partial charge in [-0.25, -0.2) is 0 Å². The van der Waals surface area contributed by atoms with Crippen molar-refractivity contribution in [2.75, 3.05) is 6.54 Å². The van der Waals surface area contributed by atoms with Crippen LogP contribution in [-0.4, -0.2) is 6.54 Å². The maximum Gasteiger partial charge on any atom is 0.165 e. The van der Waals surface area contributed by atoms with Crippen LogP contribution >= 0.6 is 0 Å². The van der Waals surface area contributed by atoms with Crippen LogP contribution in [0.25, 0.3) is 0 Å². The van der Waals surface area contributed by atoms with Gasteiger partial charge in [-0.3, -0.25) is 0 Å². The fourth-order valence-corrected chi connectivity index (χ4v) is 3.50. The van der Waals surface area contributed by atoms with Gasteiger partial charge in [0.2, 0.25) is 0 Å². The van der Waals surface area contributed by atoms with E-state index in [1.165, 1.54) is 0 Å². The molecule has 0 radical (unpaired) electrons. The van der Waals surface area contributed by atoms with Crippen LogP contribution in [0.5, 0.6) is 17.2 Å². The van der Waals surface area contributed by atoms with Crippen molar-refractivity contribution in [1.82, 2.24) is 0 Å². The zero-order valence-electron chi connectivity index (χ0n) is 18.7. The quantitative estimate of drug-likeness (QED) is 0.315. The molecule has 0 bridgehead atoms. The van der Waals surface area contributed by atoms with Gasteiger partial charge in [-0.2, -0.15) is 0 Å². The first-order valence-corrected chi connectivity index (χ1v) is 11.2. The van der Waals surface area contributed by atoms with Gasteiger partial charge < -0.3 is 19.9 Å².